The number of anilines is 1. The average Bonchev–Trinajstić information content (AvgIpc) is 2.43. The van der Waals surface area contributed by atoms with E-state index < -0.39 is 10.0 Å². The van der Waals surface area contributed by atoms with Gasteiger partial charge in [0.05, 0.1) is 17.1 Å². The molecule has 3 N–H and O–H groups in total. The highest BCUT2D eigenvalue weighted by atomic mass is 32.2. The van der Waals surface area contributed by atoms with E-state index in [0.29, 0.717) is 0 Å². The number of nitrogens with one attached hydrogen (secondary N) is 1. The molecule has 1 unspecified atom stereocenters. The van der Waals surface area contributed by atoms with E-state index >= 15 is 0 Å². The minimum Gasteiger partial charge on any atom is -0.487 e. The molecular weight excluding hydrogens is 278 g/mol. The zero-order valence-corrected chi connectivity index (χ0v) is 12.6. The lowest BCUT2D eigenvalue weighted by molar-refractivity contribution is 0.213. The van der Waals surface area contributed by atoms with Crippen LogP contribution < -0.4 is 20.1 Å². The van der Waals surface area contributed by atoms with Gasteiger partial charge in [0, 0.05) is 19.6 Å². The Kier molecular flexibility index (Phi) is 4.52. The average molecular weight is 299 g/mol. The molecule has 6 nitrogen and oxygen atoms in total. The zero-order chi connectivity index (χ0) is 14.8. The third-order valence-corrected chi connectivity index (χ3v) is 4.66. The number of nitrogens with zero attached hydrogens (tertiary/aromatic N) is 1. The second-order valence-corrected chi connectivity index (χ2v) is 6.55. The van der Waals surface area contributed by atoms with Crippen LogP contribution in [-0.2, 0) is 10.0 Å². The van der Waals surface area contributed by atoms with Crippen LogP contribution in [0.2, 0.25) is 0 Å². The van der Waals surface area contributed by atoms with Crippen molar-refractivity contribution in [3.05, 3.63) is 18.2 Å². The van der Waals surface area contributed by atoms with Crippen LogP contribution in [-0.4, -0.2) is 40.7 Å². The molecule has 0 amide bonds. The van der Waals surface area contributed by atoms with Crippen LogP contribution in [0, 0.1) is 0 Å². The first-order valence-electron chi connectivity index (χ1n) is 6.73. The fraction of sp³-hybridized carbons (Fsp3) is 0.538. The van der Waals surface area contributed by atoms with Crippen molar-refractivity contribution in [2.75, 3.05) is 31.1 Å². The summed E-state index contributed by atoms with van der Waals surface area (Å²) in [6.45, 7) is 6.09. The number of nitrogens with two attached hydrogens (primary N) is 1. The first kappa shape index (κ1) is 15.1. The Morgan fingerprint density at radius 3 is 2.90 bits per heavy atom. The molecule has 0 fully saturated rings. The van der Waals surface area contributed by atoms with Crippen LogP contribution in [0.25, 0.3) is 0 Å². The lowest BCUT2D eigenvalue weighted by Crippen LogP contribution is -2.38. The van der Waals surface area contributed by atoms with E-state index in [1.54, 1.807) is 18.2 Å². The zero-order valence-electron chi connectivity index (χ0n) is 11.8. The molecule has 0 spiro atoms. The predicted molar refractivity (Wildman–Crippen MR) is 78.7 cm³/mol. The van der Waals surface area contributed by atoms with Crippen LogP contribution in [0.3, 0.4) is 0 Å². The summed E-state index contributed by atoms with van der Waals surface area (Å²) in [4.78, 5) is 2.35. The number of sulfonamides is 1. The van der Waals surface area contributed by atoms with Crippen LogP contribution in [0.5, 0.6) is 5.75 Å². The van der Waals surface area contributed by atoms with E-state index in [1.165, 1.54) is 0 Å². The van der Waals surface area contributed by atoms with Crippen LogP contribution >= 0.6 is 0 Å². The summed E-state index contributed by atoms with van der Waals surface area (Å²) in [5, 5.41) is 0. The Morgan fingerprint density at radius 1 is 1.50 bits per heavy atom. The lowest BCUT2D eigenvalue weighted by atomic mass is 10.2. The first-order valence-corrected chi connectivity index (χ1v) is 8.21. The molecule has 0 saturated carbocycles. The summed E-state index contributed by atoms with van der Waals surface area (Å²) in [5.41, 5.74) is 6.15. The Hall–Kier alpha value is -1.31. The monoisotopic (exact) mass is 299 g/mol. The Morgan fingerprint density at radius 2 is 2.25 bits per heavy atom. The molecule has 0 bridgehead atoms. The molecule has 112 valence electrons. The summed E-state index contributed by atoms with van der Waals surface area (Å²) in [5.74, 6) is 0.725. The number of hydrogen-bond donors (Lipinski definition) is 2. The van der Waals surface area contributed by atoms with Gasteiger partial charge in [-0.15, -0.1) is 0 Å². The van der Waals surface area contributed by atoms with E-state index in [2.05, 4.69) is 9.62 Å². The van der Waals surface area contributed by atoms with Gasteiger partial charge >= 0.3 is 0 Å². The van der Waals surface area contributed by atoms with Crippen LogP contribution in [0.15, 0.2) is 23.1 Å². The minimum absolute atomic E-state index is 0.0975. The van der Waals surface area contributed by atoms with E-state index in [0.717, 1.165) is 24.5 Å². The quantitative estimate of drug-likeness (QED) is 0.828. The van der Waals surface area contributed by atoms with Gasteiger partial charge in [-0.1, -0.05) is 0 Å². The molecule has 1 aliphatic heterocycles. The molecule has 0 aliphatic carbocycles. The number of ether oxygens (including phenoxy) is 1. The van der Waals surface area contributed by atoms with E-state index in [1.807, 2.05) is 13.8 Å². The molecule has 0 radical (unpaired) electrons. The third-order valence-electron chi connectivity index (χ3n) is 3.21. The number of fused-ring (bicyclic) bond motifs is 1. The summed E-state index contributed by atoms with van der Waals surface area (Å²) < 4.78 is 32.4. The van der Waals surface area contributed by atoms with Crippen molar-refractivity contribution in [3.63, 3.8) is 0 Å². The molecular formula is C13H21N3O3S. The molecule has 1 aromatic rings. The Balaban J connectivity index is 2.36. The first-order chi connectivity index (χ1) is 9.47. The van der Waals surface area contributed by atoms with Gasteiger partial charge in [-0.2, -0.15) is 0 Å². The topological polar surface area (TPSA) is 84.7 Å². The molecule has 1 aromatic carbocycles. The summed E-state index contributed by atoms with van der Waals surface area (Å²) >= 11 is 0. The Labute approximate surface area is 120 Å². The highest BCUT2D eigenvalue weighted by Crippen LogP contribution is 2.35. The largest absolute Gasteiger partial charge is 0.487 e. The van der Waals surface area contributed by atoms with Crippen molar-refractivity contribution in [2.45, 2.75) is 24.8 Å². The van der Waals surface area contributed by atoms with Crippen molar-refractivity contribution in [1.82, 2.24) is 4.72 Å². The smallest absolute Gasteiger partial charge is 0.240 e. The molecule has 2 rings (SSSR count). The van der Waals surface area contributed by atoms with E-state index in [9.17, 15) is 8.42 Å². The van der Waals surface area contributed by atoms with Crippen molar-refractivity contribution >= 4 is 15.7 Å². The van der Waals surface area contributed by atoms with Crippen LogP contribution in [0.1, 0.15) is 13.8 Å². The maximum Gasteiger partial charge on any atom is 0.240 e. The van der Waals surface area contributed by atoms with E-state index in [4.69, 9.17) is 10.5 Å². The lowest BCUT2D eigenvalue weighted by Gasteiger charge is -2.34. The standard InChI is InChI=1S/C13H21N3O3S/c1-3-16-9-10(2)19-13-5-4-11(8-12(13)16)20(17,18)15-7-6-14/h4-5,8,10,15H,3,6-7,9,14H2,1-2H3. The fourth-order valence-corrected chi connectivity index (χ4v) is 3.32. The number of rotatable bonds is 5. The maximum atomic E-state index is 12.1. The molecule has 1 atom stereocenters. The van der Waals surface area contributed by atoms with Crippen molar-refractivity contribution in [1.29, 1.82) is 0 Å². The number of likely N-dealkylation sites (N-methyl/N-ethyl adjacent to an activating group) is 1. The minimum atomic E-state index is -3.51. The second-order valence-electron chi connectivity index (χ2n) is 4.78. The Bertz CT molecular complexity index is 574. The normalized spacial score (nSPS) is 18.6. The molecule has 1 heterocycles. The van der Waals surface area contributed by atoms with Gasteiger partial charge in [0.2, 0.25) is 10.0 Å². The maximum absolute atomic E-state index is 12.1. The molecule has 0 saturated heterocycles. The SMILES string of the molecule is CCN1CC(C)Oc2ccc(S(=O)(=O)NCCN)cc21. The predicted octanol–water partition coefficient (Wildman–Crippen LogP) is 0.531. The number of benzene rings is 1. The molecule has 0 aromatic heterocycles. The van der Waals surface area contributed by atoms with Gasteiger partial charge in [0.25, 0.3) is 0 Å². The third kappa shape index (κ3) is 3.05. The van der Waals surface area contributed by atoms with Gasteiger partial charge in [-0.25, -0.2) is 13.1 Å². The van der Waals surface area contributed by atoms with Crippen molar-refractivity contribution in [3.8, 4) is 5.75 Å². The van der Waals surface area contributed by atoms with Crippen LogP contribution in [0.4, 0.5) is 5.69 Å². The summed E-state index contributed by atoms with van der Waals surface area (Å²) in [6, 6.07) is 4.93. The summed E-state index contributed by atoms with van der Waals surface area (Å²) in [6.07, 6.45) is 0.0975. The van der Waals surface area contributed by atoms with Gasteiger partial charge in [0.15, 0.2) is 0 Å². The van der Waals surface area contributed by atoms with Gasteiger partial charge in [0.1, 0.15) is 11.9 Å². The summed E-state index contributed by atoms with van der Waals surface area (Å²) in [7, 11) is -3.51. The van der Waals surface area contributed by atoms with Crippen molar-refractivity contribution < 1.29 is 13.2 Å². The fourth-order valence-electron chi connectivity index (χ4n) is 2.25. The van der Waals surface area contributed by atoms with Gasteiger partial charge in [-0.3, -0.25) is 0 Å². The van der Waals surface area contributed by atoms with E-state index in [-0.39, 0.29) is 24.1 Å². The highest BCUT2D eigenvalue weighted by molar-refractivity contribution is 7.89. The second kappa shape index (κ2) is 5.99. The van der Waals surface area contributed by atoms with Gasteiger partial charge in [-0.05, 0) is 32.0 Å². The van der Waals surface area contributed by atoms with Crippen molar-refractivity contribution in [2.24, 2.45) is 5.73 Å². The van der Waals surface area contributed by atoms with Gasteiger partial charge < -0.3 is 15.4 Å². The molecule has 1 aliphatic rings. The molecule has 7 heteroatoms. The molecule has 20 heavy (non-hydrogen) atoms. The number of hydrogen-bond acceptors (Lipinski definition) is 5. The highest BCUT2D eigenvalue weighted by Gasteiger charge is 2.24.